The van der Waals surface area contributed by atoms with Crippen LogP contribution < -0.4 is 11.1 Å². The molecule has 0 heterocycles. The van der Waals surface area contributed by atoms with Gasteiger partial charge in [0.1, 0.15) is 0 Å². The Morgan fingerprint density at radius 1 is 1.40 bits per heavy atom. The van der Waals surface area contributed by atoms with Crippen molar-refractivity contribution >= 4 is 11.7 Å². The molecule has 108 valence electrons. The number of hydrogen-bond donors (Lipinski definition) is 2. The fourth-order valence-electron chi connectivity index (χ4n) is 1.62. The number of urea groups is 1. The zero-order valence-corrected chi connectivity index (χ0v) is 12.3. The van der Waals surface area contributed by atoms with Crippen molar-refractivity contribution in [2.75, 3.05) is 18.9 Å². The number of nitrogens with zero attached hydrogens (tertiary/aromatic N) is 2. The van der Waals surface area contributed by atoms with E-state index in [0.717, 1.165) is 6.42 Å². The molecule has 1 aromatic rings. The lowest BCUT2D eigenvalue weighted by molar-refractivity contribution is 0.219. The van der Waals surface area contributed by atoms with Gasteiger partial charge in [-0.2, -0.15) is 5.26 Å². The van der Waals surface area contributed by atoms with Crippen LogP contribution in [-0.2, 0) is 0 Å². The van der Waals surface area contributed by atoms with Crippen LogP contribution in [0.2, 0.25) is 0 Å². The molecule has 0 bridgehead atoms. The molecular formula is C15H22N4O. The predicted molar refractivity (Wildman–Crippen MR) is 80.2 cm³/mol. The molecule has 0 aliphatic rings. The van der Waals surface area contributed by atoms with Crippen molar-refractivity contribution < 1.29 is 4.79 Å². The van der Waals surface area contributed by atoms with E-state index in [1.54, 1.807) is 36.2 Å². The Labute approximate surface area is 120 Å². The lowest BCUT2D eigenvalue weighted by Crippen LogP contribution is -2.36. The van der Waals surface area contributed by atoms with Crippen LogP contribution in [0, 0.1) is 17.2 Å². The molecule has 1 rings (SSSR count). The van der Waals surface area contributed by atoms with Gasteiger partial charge in [0.25, 0.3) is 0 Å². The van der Waals surface area contributed by atoms with Crippen molar-refractivity contribution in [3.63, 3.8) is 0 Å². The number of benzene rings is 1. The van der Waals surface area contributed by atoms with Gasteiger partial charge in [-0.05, 0) is 36.6 Å². The third-order valence-electron chi connectivity index (χ3n) is 3.27. The minimum Gasteiger partial charge on any atom is -0.328 e. The molecule has 0 fully saturated rings. The van der Waals surface area contributed by atoms with Crippen LogP contribution in [0.15, 0.2) is 24.3 Å². The minimum absolute atomic E-state index is 0.0974. The molecule has 1 unspecified atom stereocenters. The SMILES string of the molecule is CC(C)C(N)CCN(C)C(=O)Nc1ccc(C#N)cc1. The predicted octanol–water partition coefficient (Wildman–Crippen LogP) is 2.40. The Bertz CT molecular complexity index is 476. The summed E-state index contributed by atoms with van der Waals surface area (Å²) in [5, 5.41) is 11.5. The Hall–Kier alpha value is -2.06. The third kappa shape index (κ3) is 4.90. The summed E-state index contributed by atoms with van der Waals surface area (Å²) in [5.41, 5.74) is 7.20. The summed E-state index contributed by atoms with van der Waals surface area (Å²) in [7, 11) is 1.74. The van der Waals surface area contributed by atoms with Crippen LogP contribution in [0.5, 0.6) is 0 Å². The monoisotopic (exact) mass is 274 g/mol. The van der Waals surface area contributed by atoms with Gasteiger partial charge in [-0.1, -0.05) is 13.8 Å². The standard InChI is InChI=1S/C15H22N4O/c1-11(2)14(17)8-9-19(3)15(20)18-13-6-4-12(10-16)5-7-13/h4-7,11,14H,8-9,17H2,1-3H3,(H,18,20). The van der Waals surface area contributed by atoms with Gasteiger partial charge in [0, 0.05) is 25.3 Å². The molecule has 0 radical (unpaired) electrons. The maximum absolute atomic E-state index is 12.0. The first-order valence-corrected chi connectivity index (χ1v) is 6.72. The smallest absolute Gasteiger partial charge is 0.321 e. The summed E-state index contributed by atoms with van der Waals surface area (Å²) in [6, 6.07) is 8.73. The maximum Gasteiger partial charge on any atom is 0.321 e. The summed E-state index contributed by atoms with van der Waals surface area (Å²) < 4.78 is 0. The molecule has 5 nitrogen and oxygen atoms in total. The molecule has 0 saturated carbocycles. The lowest BCUT2D eigenvalue weighted by atomic mass is 10.0. The van der Waals surface area contributed by atoms with E-state index < -0.39 is 0 Å². The summed E-state index contributed by atoms with van der Waals surface area (Å²) in [6.45, 7) is 4.75. The maximum atomic E-state index is 12.0. The normalized spacial score (nSPS) is 11.8. The van der Waals surface area contributed by atoms with Gasteiger partial charge < -0.3 is 16.0 Å². The van der Waals surface area contributed by atoms with Crippen molar-refractivity contribution in [1.29, 1.82) is 5.26 Å². The van der Waals surface area contributed by atoms with Gasteiger partial charge in [0.2, 0.25) is 0 Å². The Kier molecular flexibility index (Phi) is 6.01. The molecule has 0 spiro atoms. The number of rotatable bonds is 5. The number of nitriles is 1. The first-order chi connectivity index (χ1) is 9.43. The molecule has 2 amide bonds. The molecule has 5 heteroatoms. The molecule has 1 atom stereocenters. The number of hydrogen-bond acceptors (Lipinski definition) is 3. The van der Waals surface area contributed by atoms with Gasteiger partial charge in [-0.25, -0.2) is 4.79 Å². The highest BCUT2D eigenvalue weighted by molar-refractivity contribution is 5.89. The number of carbonyl (C=O) groups excluding carboxylic acids is 1. The molecular weight excluding hydrogens is 252 g/mol. The zero-order chi connectivity index (χ0) is 15.1. The summed E-state index contributed by atoms with van der Waals surface area (Å²) >= 11 is 0. The topological polar surface area (TPSA) is 82.2 Å². The van der Waals surface area contributed by atoms with E-state index in [1.807, 2.05) is 6.07 Å². The number of nitrogens with one attached hydrogen (secondary N) is 1. The highest BCUT2D eigenvalue weighted by Gasteiger charge is 2.12. The van der Waals surface area contributed by atoms with Gasteiger partial charge in [-0.3, -0.25) is 0 Å². The Morgan fingerprint density at radius 3 is 2.50 bits per heavy atom. The van der Waals surface area contributed by atoms with Crippen molar-refractivity contribution in [2.24, 2.45) is 11.7 Å². The summed E-state index contributed by atoms with van der Waals surface area (Å²) in [4.78, 5) is 13.6. The summed E-state index contributed by atoms with van der Waals surface area (Å²) in [5.74, 6) is 0.407. The third-order valence-corrected chi connectivity index (χ3v) is 3.27. The van der Waals surface area contributed by atoms with Crippen molar-refractivity contribution in [1.82, 2.24) is 4.90 Å². The van der Waals surface area contributed by atoms with Crippen LogP contribution in [-0.4, -0.2) is 30.6 Å². The van der Waals surface area contributed by atoms with E-state index in [9.17, 15) is 4.79 Å². The van der Waals surface area contributed by atoms with Crippen molar-refractivity contribution in [3.8, 4) is 6.07 Å². The molecule has 3 N–H and O–H groups in total. The Morgan fingerprint density at radius 2 is 2.00 bits per heavy atom. The fourth-order valence-corrected chi connectivity index (χ4v) is 1.62. The second-order valence-electron chi connectivity index (χ2n) is 5.24. The lowest BCUT2D eigenvalue weighted by Gasteiger charge is -2.21. The fraction of sp³-hybridized carbons (Fsp3) is 0.467. The van der Waals surface area contributed by atoms with Gasteiger partial charge in [-0.15, -0.1) is 0 Å². The number of amides is 2. The number of anilines is 1. The highest BCUT2D eigenvalue weighted by atomic mass is 16.2. The molecule has 0 saturated heterocycles. The number of carbonyl (C=O) groups is 1. The van der Waals surface area contributed by atoms with Crippen molar-refractivity contribution in [3.05, 3.63) is 29.8 Å². The highest BCUT2D eigenvalue weighted by Crippen LogP contribution is 2.10. The van der Waals surface area contributed by atoms with Gasteiger partial charge in [0.05, 0.1) is 11.6 Å². The van der Waals surface area contributed by atoms with Crippen LogP contribution in [0.4, 0.5) is 10.5 Å². The quantitative estimate of drug-likeness (QED) is 0.865. The van der Waals surface area contributed by atoms with E-state index in [2.05, 4.69) is 19.2 Å². The molecule has 20 heavy (non-hydrogen) atoms. The average Bonchev–Trinajstić information content (AvgIpc) is 2.44. The van der Waals surface area contributed by atoms with Gasteiger partial charge in [0.15, 0.2) is 0 Å². The van der Waals surface area contributed by atoms with E-state index in [1.165, 1.54) is 0 Å². The van der Waals surface area contributed by atoms with E-state index in [-0.39, 0.29) is 12.1 Å². The Balaban J connectivity index is 2.47. The van der Waals surface area contributed by atoms with E-state index in [0.29, 0.717) is 23.7 Å². The van der Waals surface area contributed by atoms with E-state index in [4.69, 9.17) is 11.0 Å². The minimum atomic E-state index is -0.175. The first kappa shape index (κ1) is 16.0. The second kappa shape index (κ2) is 7.51. The zero-order valence-electron chi connectivity index (χ0n) is 12.3. The van der Waals surface area contributed by atoms with Crippen LogP contribution in [0.25, 0.3) is 0 Å². The molecule has 0 aliphatic carbocycles. The van der Waals surface area contributed by atoms with Crippen LogP contribution >= 0.6 is 0 Å². The second-order valence-corrected chi connectivity index (χ2v) is 5.24. The first-order valence-electron chi connectivity index (χ1n) is 6.72. The van der Waals surface area contributed by atoms with E-state index >= 15 is 0 Å². The number of nitrogens with two attached hydrogens (primary N) is 1. The van der Waals surface area contributed by atoms with Gasteiger partial charge >= 0.3 is 6.03 Å². The van der Waals surface area contributed by atoms with Crippen LogP contribution in [0.3, 0.4) is 0 Å². The average molecular weight is 274 g/mol. The molecule has 0 aromatic heterocycles. The van der Waals surface area contributed by atoms with Crippen molar-refractivity contribution in [2.45, 2.75) is 26.3 Å². The summed E-state index contributed by atoms with van der Waals surface area (Å²) in [6.07, 6.45) is 0.773. The molecule has 1 aromatic carbocycles. The largest absolute Gasteiger partial charge is 0.328 e. The van der Waals surface area contributed by atoms with Crippen LogP contribution in [0.1, 0.15) is 25.8 Å². The molecule has 0 aliphatic heterocycles.